The van der Waals surface area contributed by atoms with Crippen molar-refractivity contribution >= 4 is 16.6 Å². The number of para-hydroxylation sites is 1. The van der Waals surface area contributed by atoms with Crippen LogP contribution in [0.2, 0.25) is 0 Å². The van der Waals surface area contributed by atoms with Crippen molar-refractivity contribution in [1.82, 2.24) is 4.98 Å². The molecule has 2 nitrogen and oxygen atoms in total. The summed E-state index contributed by atoms with van der Waals surface area (Å²) >= 11 is 0. The molecule has 0 bridgehead atoms. The summed E-state index contributed by atoms with van der Waals surface area (Å²) in [4.78, 5) is 4.67. The van der Waals surface area contributed by atoms with Crippen molar-refractivity contribution in [1.29, 1.82) is 0 Å². The summed E-state index contributed by atoms with van der Waals surface area (Å²) in [6.45, 7) is 4.39. The summed E-state index contributed by atoms with van der Waals surface area (Å²) in [5.74, 6) is 0.854. The average Bonchev–Trinajstić information content (AvgIpc) is 2.76. The van der Waals surface area contributed by atoms with Crippen molar-refractivity contribution in [3.8, 4) is 0 Å². The highest BCUT2D eigenvalue weighted by Gasteiger charge is 2.21. The van der Waals surface area contributed by atoms with Gasteiger partial charge in [0.05, 0.1) is 11.2 Å². The van der Waals surface area contributed by atoms with Crippen LogP contribution < -0.4 is 5.32 Å². The SMILES string of the molecule is Cc1ccc2cccc(NC3CCC(C)C3)c2n1. The van der Waals surface area contributed by atoms with E-state index in [9.17, 15) is 0 Å². The number of nitrogens with one attached hydrogen (secondary N) is 1. The van der Waals surface area contributed by atoms with Crippen LogP contribution in [0.25, 0.3) is 10.9 Å². The summed E-state index contributed by atoms with van der Waals surface area (Å²) in [5.41, 5.74) is 3.38. The minimum Gasteiger partial charge on any atom is -0.381 e. The topological polar surface area (TPSA) is 24.9 Å². The molecule has 1 aliphatic rings. The van der Waals surface area contributed by atoms with Crippen LogP contribution in [0.1, 0.15) is 31.9 Å². The quantitative estimate of drug-likeness (QED) is 0.853. The monoisotopic (exact) mass is 240 g/mol. The van der Waals surface area contributed by atoms with Gasteiger partial charge in [-0.15, -0.1) is 0 Å². The number of aromatic nitrogens is 1. The van der Waals surface area contributed by atoms with Crippen molar-refractivity contribution in [3.05, 3.63) is 36.0 Å². The second-order valence-corrected chi connectivity index (χ2v) is 5.59. The highest BCUT2D eigenvalue weighted by molar-refractivity contribution is 5.90. The predicted octanol–water partition coefficient (Wildman–Crippen LogP) is 4.14. The lowest BCUT2D eigenvalue weighted by molar-refractivity contribution is 0.603. The molecule has 2 unspecified atom stereocenters. The Morgan fingerprint density at radius 1 is 1.17 bits per heavy atom. The first-order chi connectivity index (χ1) is 8.72. The minimum absolute atomic E-state index is 0.618. The number of pyridine rings is 1. The molecule has 1 aromatic carbocycles. The number of fused-ring (bicyclic) bond motifs is 1. The second-order valence-electron chi connectivity index (χ2n) is 5.59. The Labute approximate surface area is 108 Å². The molecular weight excluding hydrogens is 220 g/mol. The van der Waals surface area contributed by atoms with E-state index >= 15 is 0 Å². The third kappa shape index (κ3) is 2.20. The van der Waals surface area contributed by atoms with Gasteiger partial charge in [-0.25, -0.2) is 0 Å². The lowest BCUT2D eigenvalue weighted by atomic mass is 10.1. The molecule has 1 saturated carbocycles. The molecular formula is C16H20N2. The van der Waals surface area contributed by atoms with E-state index in [1.54, 1.807) is 0 Å². The number of rotatable bonds is 2. The Bertz CT molecular complexity index is 562. The van der Waals surface area contributed by atoms with E-state index in [4.69, 9.17) is 0 Å². The lowest BCUT2D eigenvalue weighted by Crippen LogP contribution is -2.15. The normalized spacial score (nSPS) is 23.4. The van der Waals surface area contributed by atoms with E-state index in [1.165, 1.54) is 30.3 Å². The van der Waals surface area contributed by atoms with Gasteiger partial charge in [0.1, 0.15) is 0 Å². The average molecular weight is 240 g/mol. The zero-order valence-electron chi connectivity index (χ0n) is 11.1. The highest BCUT2D eigenvalue weighted by Crippen LogP contribution is 2.29. The fourth-order valence-electron chi connectivity index (χ4n) is 2.92. The maximum atomic E-state index is 4.67. The summed E-state index contributed by atoms with van der Waals surface area (Å²) in [5, 5.41) is 4.90. The van der Waals surface area contributed by atoms with Gasteiger partial charge in [-0.2, -0.15) is 0 Å². The van der Waals surface area contributed by atoms with Crippen molar-refractivity contribution in [3.63, 3.8) is 0 Å². The fraction of sp³-hybridized carbons (Fsp3) is 0.438. The maximum Gasteiger partial charge on any atom is 0.0936 e. The number of hydrogen-bond acceptors (Lipinski definition) is 2. The minimum atomic E-state index is 0.618. The Kier molecular flexibility index (Phi) is 2.94. The van der Waals surface area contributed by atoms with Gasteiger partial charge in [0.15, 0.2) is 0 Å². The molecule has 0 aliphatic heterocycles. The molecule has 18 heavy (non-hydrogen) atoms. The highest BCUT2D eigenvalue weighted by atomic mass is 14.9. The molecule has 2 aromatic rings. The maximum absolute atomic E-state index is 4.67. The fourth-order valence-corrected chi connectivity index (χ4v) is 2.92. The van der Waals surface area contributed by atoms with Gasteiger partial charge in [-0.1, -0.05) is 25.1 Å². The molecule has 3 rings (SSSR count). The molecule has 2 atom stereocenters. The Balaban J connectivity index is 1.93. The van der Waals surface area contributed by atoms with E-state index in [2.05, 4.69) is 47.6 Å². The standard InChI is InChI=1S/C16H20N2/c1-11-6-9-14(10-11)18-15-5-3-4-13-8-7-12(2)17-16(13)15/h3-5,7-8,11,14,18H,6,9-10H2,1-2H3. The zero-order valence-corrected chi connectivity index (χ0v) is 11.1. The van der Waals surface area contributed by atoms with E-state index < -0.39 is 0 Å². The predicted molar refractivity (Wildman–Crippen MR) is 76.9 cm³/mol. The van der Waals surface area contributed by atoms with E-state index in [0.29, 0.717) is 6.04 Å². The van der Waals surface area contributed by atoms with Gasteiger partial charge < -0.3 is 5.32 Å². The first-order valence-electron chi connectivity index (χ1n) is 6.85. The van der Waals surface area contributed by atoms with Crippen molar-refractivity contribution in [2.45, 2.75) is 39.2 Å². The molecule has 0 spiro atoms. The number of aryl methyl sites for hydroxylation is 1. The van der Waals surface area contributed by atoms with Crippen LogP contribution in [-0.4, -0.2) is 11.0 Å². The van der Waals surface area contributed by atoms with Crippen LogP contribution in [0, 0.1) is 12.8 Å². The van der Waals surface area contributed by atoms with Crippen LogP contribution in [0.5, 0.6) is 0 Å². The molecule has 0 amide bonds. The van der Waals surface area contributed by atoms with Crippen LogP contribution in [0.4, 0.5) is 5.69 Å². The van der Waals surface area contributed by atoms with Gasteiger partial charge in [0.2, 0.25) is 0 Å². The lowest BCUT2D eigenvalue weighted by Gasteiger charge is -2.15. The van der Waals surface area contributed by atoms with Gasteiger partial charge >= 0.3 is 0 Å². The van der Waals surface area contributed by atoms with Crippen LogP contribution >= 0.6 is 0 Å². The second kappa shape index (κ2) is 4.60. The Hall–Kier alpha value is -1.57. The van der Waals surface area contributed by atoms with Gasteiger partial charge in [-0.05, 0) is 44.2 Å². The van der Waals surface area contributed by atoms with Gasteiger partial charge in [0.25, 0.3) is 0 Å². The van der Waals surface area contributed by atoms with Gasteiger partial charge in [0, 0.05) is 17.1 Å². The molecule has 1 fully saturated rings. The molecule has 1 N–H and O–H groups in total. The zero-order chi connectivity index (χ0) is 12.5. The summed E-state index contributed by atoms with van der Waals surface area (Å²) < 4.78 is 0. The van der Waals surface area contributed by atoms with Gasteiger partial charge in [-0.3, -0.25) is 4.98 Å². The smallest absolute Gasteiger partial charge is 0.0936 e. The number of benzene rings is 1. The first-order valence-corrected chi connectivity index (χ1v) is 6.85. The number of hydrogen-bond donors (Lipinski definition) is 1. The van der Waals surface area contributed by atoms with Crippen molar-refractivity contribution in [2.24, 2.45) is 5.92 Å². The summed E-state index contributed by atoms with van der Waals surface area (Å²) in [7, 11) is 0. The third-order valence-electron chi connectivity index (χ3n) is 3.91. The van der Waals surface area contributed by atoms with E-state index in [-0.39, 0.29) is 0 Å². The van der Waals surface area contributed by atoms with Crippen LogP contribution in [0.15, 0.2) is 30.3 Å². The Morgan fingerprint density at radius 3 is 2.83 bits per heavy atom. The molecule has 0 radical (unpaired) electrons. The van der Waals surface area contributed by atoms with E-state index in [1.807, 2.05) is 6.92 Å². The Morgan fingerprint density at radius 2 is 2.06 bits per heavy atom. The number of anilines is 1. The summed E-state index contributed by atoms with van der Waals surface area (Å²) in [6.07, 6.45) is 3.90. The van der Waals surface area contributed by atoms with Crippen LogP contribution in [-0.2, 0) is 0 Å². The van der Waals surface area contributed by atoms with Crippen molar-refractivity contribution < 1.29 is 0 Å². The molecule has 1 aliphatic carbocycles. The molecule has 0 saturated heterocycles. The van der Waals surface area contributed by atoms with Crippen LogP contribution in [0.3, 0.4) is 0 Å². The number of nitrogens with zero attached hydrogens (tertiary/aromatic N) is 1. The molecule has 94 valence electrons. The molecule has 1 heterocycles. The first kappa shape index (κ1) is 11.5. The largest absolute Gasteiger partial charge is 0.381 e. The molecule has 1 aromatic heterocycles. The van der Waals surface area contributed by atoms with Crippen molar-refractivity contribution in [2.75, 3.05) is 5.32 Å². The third-order valence-corrected chi connectivity index (χ3v) is 3.91. The molecule has 2 heteroatoms. The summed E-state index contributed by atoms with van der Waals surface area (Å²) in [6, 6.07) is 11.2. The van der Waals surface area contributed by atoms with E-state index in [0.717, 1.165) is 17.1 Å².